The van der Waals surface area contributed by atoms with E-state index in [0.717, 1.165) is 53.2 Å². The van der Waals surface area contributed by atoms with E-state index in [-0.39, 0.29) is 12.6 Å². The number of ether oxygens (including phenoxy) is 5. The highest BCUT2D eigenvalue weighted by Crippen LogP contribution is 2.55. The van der Waals surface area contributed by atoms with E-state index in [1.54, 1.807) is 31.2 Å². The summed E-state index contributed by atoms with van der Waals surface area (Å²) in [6, 6.07) is 18.9. The van der Waals surface area contributed by atoms with Gasteiger partial charge in [-0.15, -0.1) is 0 Å². The number of carbonyl (C=O) groups is 2. The van der Waals surface area contributed by atoms with E-state index < -0.39 is 17.0 Å². The molecule has 0 radical (unpaired) electrons. The van der Waals surface area contributed by atoms with Crippen LogP contribution in [0.4, 0.5) is 0 Å². The van der Waals surface area contributed by atoms with Gasteiger partial charge in [0, 0.05) is 52.1 Å². The smallest absolute Gasteiger partial charge is 0.338 e. The van der Waals surface area contributed by atoms with Gasteiger partial charge in [0.2, 0.25) is 0 Å². The Hall–Kier alpha value is -4.56. The summed E-state index contributed by atoms with van der Waals surface area (Å²) >= 11 is 0. The molecule has 246 valence electrons. The summed E-state index contributed by atoms with van der Waals surface area (Å²) in [5.74, 6) is 1.88. The molecule has 3 heterocycles. The number of fused-ring (bicyclic) bond motifs is 4. The van der Waals surface area contributed by atoms with Gasteiger partial charge in [-0.1, -0.05) is 25.1 Å². The molecule has 47 heavy (non-hydrogen) atoms. The quantitative estimate of drug-likeness (QED) is 0.142. The molecule has 0 aromatic heterocycles. The Morgan fingerprint density at radius 1 is 0.894 bits per heavy atom. The van der Waals surface area contributed by atoms with Crippen LogP contribution in [0.1, 0.15) is 70.6 Å². The van der Waals surface area contributed by atoms with Crippen molar-refractivity contribution in [3.63, 3.8) is 0 Å². The number of hydrogen-bond donors (Lipinski definition) is 0. The Balaban J connectivity index is 1.38. The number of nitrogens with zero attached hydrogens (tertiary/aromatic N) is 1. The van der Waals surface area contributed by atoms with Crippen molar-refractivity contribution in [2.45, 2.75) is 59.5 Å². The fourth-order valence-corrected chi connectivity index (χ4v) is 6.22. The van der Waals surface area contributed by atoms with Gasteiger partial charge in [-0.3, -0.25) is 9.69 Å². The van der Waals surface area contributed by atoms with Crippen molar-refractivity contribution in [3.05, 3.63) is 89.5 Å². The van der Waals surface area contributed by atoms with Gasteiger partial charge in [0.05, 0.1) is 5.41 Å². The van der Waals surface area contributed by atoms with Gasteiger partial charge in [-0.05, 0) is 96.9 Å². The topological polar surface area (TPSA) is 83.5 Å². The van der Waals surface area contributed by atoms with Crippen LogP contribution in [0.5, 0.6) is 28.7 Å². The molecule has 3 aliphatic rings. The lowest BCUT2D eigenvalue weighted by Crippen LogP contribution is -2.37. The molecule has 8 heteroatoms. The van der Waals surface area contributed by atoms with Crippen molar-refractivity contribution in [2.24, 2.45) is 5.41 Å². The first-order chi connectivity index (χ1) is 22.4. The van der Waals surface area contributed by atoms with Crippen molar-refractivity contribution >= 4 is 23.1 Å². The summed E-state index contributed by atoms with van der Waals surface area (Å²) in [4.78, 5) is 27.4. The van der Waals surface area contributed by atoms with Crippen LogP contribution in [0.25, 0.3) is 11.1 Å². The monoisotopic (exact) mass is 637 g/mol. The second kappa shape index (κ2) is 12.9. The van der Waals surface area contributed by atoms with E-state index in [1.807, 2.05) is 64.1 Å². The zero-order chi connectivity index (χ0) is 33.3. The average molecular weight is 638 g/mol. The number of benzene rings is 3. The molecule has 3 aliphatic heterocycles. The highest BCUT2D eigenvalue weighted by atomic mass is 16.5. The predicted molar refractivity (Wildman–Crippen MR) is 181 cm³/mol. The highest BCUT2D eigenvalue weighted by molar-refractivity contribution is 6.01. The van der Waals surface area contributed by atoms with Crippen LogP contribution in [0.15, 0.2) is 72.8 Å². The van der Waals surface area contributed by atoms with Gasteiger partial charge < -0.3 is 23.7 Å². The van der Waals surface area contributed by atoms with Gasteiger partial charge in [0.25, 0.3) is 0 Å². The number of rotatable bonds is 8. The molecule has 1 fully saturated rings. The first kappa shape index (κ1) is 32.4. The summed E-state index contributed by atoms with van der Waals surface area (Å²) in [6.45, 7) is 16.8. The van der Waals surface area contributed by atoms with Crippen molar-refractivity contribution in [1.29, 1.82) is 0 Å². The van der Waals surface area contributed by atoms with Crippen LogP contribution in [0, 0.1) is 5.41 Å². The Morgan fingerprint density at radius 2 is 1.60 bits per heavy atom. The number of carbonyl (C=O) groups excluding carboxylic acids is 2. The predicted octanol–water partition coefficient (Wildman–Crippen LogP) is 7.60. The maximum atomic E-state index is 12.6. The summed E-state index contributed by atoms with van der Waals surface area (Å²) in [5.41, 5.74) is 3.15. The van der Waals surface area contributed by atoms with Crippen LogP contribution in [-0.2, 0) is 15.2 Å². The molecule has 0 amide bonds. The third kappa shape index (κ3) is 6.79. The van der Waals surface area contributed by atoms with E-state index in [2.05, 4.69) is 11.5 Å². The molecule has 8 nitrogen and oxygen atoms in total. The van der Waals surface area contributed by atoms with Gasteiger partial charge in [-0.25, -0.2) is 4.79 Å². The molecule has 0 spiro atoms. The fourth-order valence-electron chi connectivity index (χ4n) is 6.22. The second-order valence-electron chi connectivity index (χ2n) is 13.7. The van der Waals surface area contributed by atoms with Crippen molar-refractivity contribution in [3.8, 4) is 28.7 Å². The summed E-state index contributed by atoms with van der Waals surface area (Å²) in [7, 11) is 0. The first-order valence-electron chi connectivity index (χ1n) is 16.3. The molecule has 0 saturated carbocycles. The highest BCUT2D eigenvalue weighted by Gasteiger charge is 2.44. The van der Waals surface area contributed by atoms with Crippen molar-refractivity contribution < 1.29 is 33.3 Å². The second-order valence-corrected chi connectivity index (χ2v) is 13.7. The van der Waals surface area contributed by atoms with Crippen molar-refractivity contribution in [1.82, 2.24) is 4.90 Å². The van der Waals surface area contributed by atoms with Gasteiger partial charge in [0.15, 0.2) is 5.60 Å². The molecule has 0 N–H and O–H groups in total. The molecular formula is C39H43NO7. The largest absolute Gasteiger partial charge is 0.492 e. The number of esters is 2. The number of hydrogen-bond acceptors (Lipinski definition) is 8. The van der Waals surface area contributed by atoms with E-state index >= 15 is 0 Å². The number of likely N-dealkylation sites (tertiary alicyclic amines) is 1. The molecule has 6 rings (SSSR count). The Bertz CT molecular complexity index is 1740. The third-order valence-electron chi connectivity index (χ3n) is 8.86. The lowest BCUT2D eigenvalue weighted by atomic mass is 9.76. The van der Waals surface area contributed by atoms with E-state index in [9.17, 15) is 9.59 Å². The zero-order valence-electron chi connectivity index (χ0n) is 27.9. The average Bonchev–Trinajstić information content (AvgIpc) is 3.04. The van der Waals surface area contributed by atoms with Crippen LogP contribution < -0.4 is 23.7 Å². The third-order valence-corrected chi connectivity index (χ3v) is 8.86. The van der Waals surface area contributed by atoms with Crippen LogP contribution in [0.3, 0.4) is 0 Å². The van der Waals surface area contributed by atoms with Crippen LogP contribution in [0.2, 0.25) is 0 Å². The van der Waals surface area contributed by atoms with Crippen molar-refractivity contribution in [2.75, 3.05) is 32.8 Å². The van der Waals surface area contributed by atoms with Crippen LogP contribution in [-0.4, -0.2) is 49.7 Å². The summed E-state index contributed by atoms with van der Waals surface area (Å²) in [5, 5.41) is 0. The minimum absolute atomic E-state index is 0.266. The summed E-state index contributed by atoms with van der Waals surface area (Å²) in [6.07, 6.45) is 3.78. The molecule has 0 bridgehead atoms. The molecule has 3 aromatic carbocycles. The fraction of sp³-hybridized carbons (Fsp3) is 0.385. The maximum absolute atomic E-state index is 12.6. The Morgan fingerprint density at radius 3 is 2.32 bits per heavy atom. The van der Waals surface area contributed by atoms with E-state index in [0.29, 0.717) is 35.2 Å². The standard InChI is InChI=1S/C39H43NO7/c1-25(2)36(41)45-28-13-15-30-32-24-44-33-22-29(46-37(42)38(3,4)5)14-16-31(33)35(32)39(6,47-34(30)23-28)26-11-10-12-27(21-26)43-20-19-40-17-8-7-9-18-40/h10-16,21-23H,1,7-9,17-20,24H2,2-6H3. The van der Waals surface area contributed by atoms with E-state index in [4.69, 9.17) is 23.7 Å². The molecular weight excluding hydrogens is 594 g/mol. The van der Waals surface area contributed by atoms with Crippen LogP contribution >= 0.6 is 0 Å². The van der Waals surface area contributed by atoms with Gasteiger partial charge in [0.1, 0.15) is 42.0 Å². The Labute approximate surface area is 276 Å². The molecule has 1 atom stereocenters. The Kier molecular flexibility index (Phi) is 8.90. The molecule has 1 unspecified atom stereocenters. The molecule has 0 aliphatic carbocycles. The zero-order valence-corrected chi connectivity index (χ0v) is 27.9. The minimum Gasteiger partial charge on any atom is -0.492 e. The summed E-state index contributed by atoms with van der Waals surface area (Å²) < 4.78 is 30.8. The minimum atomic E-state index is -0.978. The lowest BCUT2D eigenvalue weighted by molar-refractivity contribution is -0.143. The SMILES string of the molecule is C=C(C)C(=O)Oc1ccc2c(c1)OC(C)(c1cccc(OCCN3CCCCC3)c1)C1=C2COc2cc(OC(=O)C(C)(C)C)ccc21. The molecule has 3 aromatic rings. The normalized spacial score (nSPS) is 18.9. The van der Waals surface area contributed by atoms with E-state index in [1.165, 1.54) is 19.3 Å². The van der Waals surface area contributed by atoms with Gasteiger partial charge in [-0.2, -0.15) is 0 Å². The molecule has 1 saturated heterocycles. The first-order valence-corrected chi connectivity index (χ1v) is 16.3. The number of piperidine rings is 1. The lowest BCUT2D eigenvalue weighted by Gasteiger charge is -2.42. The van der Waals surface area contributed by atoms with Gasteiger partial charge >= 0.3 is 11.9 Å². The maximum Gasteiger partial charge on any atom is 0.338 e.